The number of piperazine rings is 1. The molecule has 0 N–H and O–H groups in total. The van der Waals surface area contributed by atoms with Crippen LogP contribution in [0.15, 0.2) is 41.7 Å². The number of thiophene rings is 1. The molecule has 1 saturated heterocycles. The van der Waals surface area contributed by atoms with Crippen LogP contribution in [-0.4, -0.2) is 64.3 Å². The summed E-state index contributed by atoms with van der Waals surface area (Å²) >= 11 is 1.52. The van der Waals surface area contributed by atoms with Crippen molar-refractivity contribution in [3.63, 3.8) is 0 Å². The molecule has 0 spiro atoms. The first-order chi connectivity index (χ1) is 15.7. The van der Waals surface area contributed by atoms with Crippen molar-refractivity contribution in [3.8, 4) is 0 Å². The van der Waals surface area contributed by atoms with E-state index in [4.69, 9.17) is 0 Å². The molecule has 4 heterocycles. The monoisotopic (exact) mass is 453 g/mol. The molecule has 1 fully saturated rings. The van der Waals surface area contributed by atoms with Crippen molar-refractivity contribution in [3.05, 3.63) is 46.5 Å². The largest absolute Gasteiger partial charge is 0.363 e. The van der Waals surface area contributed by atoms with Crippen molar-refractivity contribution < 1.29 is 9.59 Å². The summed E-state index contributed by atoms with van der Waals surface area (Å²) in [4.78, 5) is 41.9. The third kappa shape index (κ3) is 4.85. The van der Waals surface area contributed by atoms with E-state index in [0.29, 0.717) is 49.9 Å². The molecule has 2 aliphatic rings. The average Bonchev–Trinajstić information content (AvgIpc) is 3.44. The fourth-order valence-corrected chi connectivity index (χ4v) is 5.10. The Morgan fingerprint density at radius 3 is 2.25 bits per heavy atom. The first-order valence-electron chi connectivity index (χ1n) is 11.6. The second kappa shape index (κ2) is 10.7. The predicted molar refractivity (Wildman–Crippen MR) is 127 cm³/mol. The average molecular weight is 454 g/mol. The number of imide groups is 1. The number of hydrogen-bond donors (Lipinski definition) is 0. The summed E-state index contributed by atoms with van der Waals surface area (Å²) in [6.07, 6.45) is 10.2. The highest BCUT2D eigenvalue weighted by Crippen LogP contribution is 2.34. The van der Waals surface area contributed by atoms with Crippen molar-refractivity contribution in [1.82, 2.24) is 19.8 Å². The van der Waals surface area contributed by atoms with Crippen molar-refractivity contribution in [2.45, 2.75) is 45.4 Å². The lowest BCUT2D eigenvalue weighted by molar-refractivity contribution is -0.137. The van der Waals surface area contributed by atoms with E-state index < -0.39 is 0 Å². The van der Waals surface area contributed by atoms with E-state index in [-0.39, 0.29) is 11.8 Å². The van der Waals surface area contributed by atoms with E-state index in [0.717, 1.165) is 24.1 Å². The molecular formula is C24H31N5O2S. The van der Waals surface area contributed by atoms with E-state index in [1.54, 1.807) is 18.5 Å². The van der Waals surface area contributed by atoms with E-state index in [2.05, 4.69) is 26.7 Å². The number of nitrogens with zero attached hydrogens (tertiary/aromatic N) is 5. The van der Waals surface area contributed by atoms with Gasteiger partial charge in [-0.3, -0.25) is 14.5 Å². The van der Waals surface area contributed by atoms with Gasteiger partial charge in [0.2, 0.25) is 5.95 Å². The van der Waals surface area contributed by atoms with Gasteiger partial charge in [-0.2, -0.15) is 0 Å². The topological polar surface area (TPSA) is 69.6 Å². The molecule has 0 unspecified atom stereocenters. The summed E-state index contributed by atoms with van der Waals surface area (Å²) in [5, 5.41) is 1.96. The quantitative estimate of drug-likeness (QED) is 0.403. The Morgan fingerprint density at radius 2 is 1.56 bits per heavy atom. The van der Waals surface area contributed by atoms with Gasteiger partial charge in [0, 0.05) is 50.0 Å². The molecule has 2 amide bonds. The van der Waals surface area contributed by atoms with Crippen LogP contribution in [0.2, 0.25) is 0 Å². The maximum Gasteiger partial charge on any atom is 0.277 e. The Bertz CT molecular complexity index is 937. The minimum Gasteiger partial charge on any atom is -0.363 e. The van der Waals surface area contributed by atoms with E-state index in [1.807, 2.05) is 17.5 Å². The van der Waals surface area contributed by atoms with Crippen LogP contribution in [0.25, 0.3) is 5.57 Å². The van der Waals surface area contributed by atoms with Gasteiger partial charge in [0.25, 0.3) is 11.8 Å². The number of hydrogen-bond acceptors (Lipinski definition) is 7. The normalized spacial score (nSPS) is 17.1. The van der Waals surface area contributed by atoms with Crippen LogP contribution < -0.4 is 4.90 Å². The highest BCUT2D eigenvalue weighted by Gasteiger charge is 2.42. The lowest BCUT2D eigenvalue weighted by atomic mass is 10.1. The molecule has 2 aromatic rings. The maximum atomic E-state index is 13.4. The van der Waals surface area contributed by atoms with Gasteiger partial charge in [0.1, 0.15) is 5.70 Å². The number of anilines is 1. The first-order valence-corrected chi connectivity index (χ1v) is 12.5. The van der Waals surface area contributed by atoms with Crippen molar-refractivity contribution in [1.29, 1.82) is 0 Å². The molecule has 0 aliphatic carbocycles. The Balaban J connectivity index is 1.46. The third-order valence-electron chi connectivity index (χ3n) is 6.08. The Labute approximate surface area is 193 Å². The summed E-state index contributed by atoms with van der Waals surface area (Å²) in [5.41, 5.74) is 1.14. The van der Waals surface area contributed by atoms with E-state index in [1.165, 1.54) is 35.5 Å². The number of aromatic nitrogens is 2. The SMILES string of the molecule is CCCCCCCCN1C(=O)C(c2cccs2)=C(N2CCN(c3ncccn3)CC2)C1=O. The number of rotatable bonds is 10. The third-order valence-corrected chi connectivity index (χ3v) is 6.96. The minimum absolute atomic E-state index is 0.142. The van der Waals surface area contributed by atoms with E-state index in [9.17, 15) is 9.59 Å². The second-order valence-electron chi connectivity index (χ2n) is 8.25. The standard InChI is InChI=1S/C24H31N5O2S/c1-2-3-4-5-6-7-13-29-22(30)20(19-10-8-18-32-19)21(23(29)31)27-14-16-28(17-15-27)24-25-11-9-12-26-24/h8-12,18H,2-7,13-17H2,1H3. The number of carbonyl (C=O) groups is 2. The molecular weight excluding hydrogens is 422 g/mol. The van der Waals surface area contributed by atoms with Crippen LogP contribution in [0.5, 0.6) is 0 Å². The molecule has 170 valence electrons. The molecule has 2 aromatic heterocycles. The van der Waals surface area contributed by atoms with Gasteiger partial charge in [-0.1, -0.05) is 45.1 Å². The zero-order chi connectivity index (χ0) is 22.3. The van der Waals surface area contributed by atoms with Gasteiger partial charge in [-0.05, 0) is 23.9 Å². The molecule has 4 rings (SSSR count). The Hall–Kier alpha value is -2.74. The van der Waals surface area contributed by atoms with Gasteiger partial charge < -0.3 is 9.80 Å². The Kier molecular flexibility index (Phi) is 7.52. The number of amides is 2. The summed E-state index contributed by atoms with van der Waals surface area (Å²) in [5.74, 6) is 0.421. The molecule has 8 heteroatoms. The van der Waals surface area contributed by atoms with Crippen LogP contribution in [0.3, 0.4) is 0 Å². The van der Waals surface area contributed by atoms with Gasteiger partial charge in [-0.15, -0.1) is 11.3 Å². The molecule has 0 aromatic carbocycles. The van der Waals surface area contributed by atoms with Crippen LogP contribution in [0.4, 0.5) is 5.95 Å². The molecule has 0 radical (unpaired) electrons. The summed E-state index contributed by atoms with van der Waals surface area (Å²) in [7, 11) is 0. The molecule has 0 saturated carbocycles. The molecule has 32 heavy (non-hydrogen) atoms. The smallest absolute Gasteiger partial charge is 0.277 e. The predicted octanol–water partition coefficient (Wildman–Crippen LogP) is 3.80. The van der Waals surface area contributed by atoms with Gasteiger partial charge in [0.05, 0.1) is 5.57 Å². The van der Waals surface area contributed by atoms with Gasteiger partial charge in [-0.25, -0.2) is 9.97 Å². The van der Waals surface area contributed by atoms with Crippen LogP contribution >= 0.6 is 11.3 Å². The highest BCUT2D eigenvalue weighted by atomic mass is 32.1. The van der Waals surface area contributed by atoms with Gasteiger partial charge in [0.15, 0.2) is 0 Å². The zero-order valence-electron chi connectivity index (χ0n) is 18.7. The molecule has 0 bridgehead atoms. The van der Waals surface area contributed by atoms with Crippen LogP contribution in [0, 0.1) is 0 Å². The molecule has 2 aliphatic heterocycles. The molecule has 7 nitrogen and oxygen atoms in total. The summed E-state index contributed by atoms with van der Waals surface area (Å²) in [6.45, 7) is 5.44. The zero-order valence-corrected chi connectivity index (χ0v) is 19.5. The summed E-state index contributed by atoms with van der Waals surface area (Å²) < 4.78 is 0. The highest BCUT2D eigenvalue weighted by molar-refractivity contribution is 7.11. The van der Waals surface area contributed by atoms with Crippen LogP contribution in [0.1, 0.15) is 50.3 Å². The molecule has 0 atom stereocenters. The Morgan fingerprint density at radius 1 is 0.875 bits per heavy atom. The maximum absolute atomic E-state index is 13.4. The lowest BCUT2D eigenvalue weighted by Crippen LogP contribution is -2.48. The first kappa shape index (κ1) is 22.5. The second-order valence-corrected chi connectivity index (χ2v) is 9.20. The lowest BCUT2D eigenvalue weighted by Gasteiger charge is -2.36. The van der Waals surface area contributed by atoms with Crippen LogP contribution in [-0.2, 0) is 9.59 Å². The van der Waals surface area contributed by atoms with Crippen molar-refractivity contribution >= 4 is 34.7 Å². The minimum atomic E-state index is -0.144. The van der Waals surface area contributed by atoms with E-state index >= 15 is 0 Å². The number of unbranched alkanes of at least 4 members (excludes halogenated alkanes) is 5. The summed E-state index contributed by atoms with van der Waals surface area (Å²) in [6, 6.07) is 5.68. The fourth-order valence-electron chi connectivity index (χ4n) is 4.34. The van der Waals surface area contributed by atoms with Gasteiger partial charge >= 0.3 is 0 Å². The van der Waals surface area contributed by atoms with Crippen molar-refractivity contribution in [2.75, 3.05) is 37.6 Å². The van der Waals surface area contributed by atoms with Crippen molar-refractivity contribution in [2.24, 2.45) is 0 Å². The fraction of sp³-hybridized carbons (Fsp3) is 0.500. The number of carbonyl (C=O) groups excluding carboxylic acids is 2.